The fourth-order valence-electron chi connectivity index (χ4n) is 3.64. The van der Waals surface area contributed by atoms with Crippen LogP contribution in [0.3, 0.4) is 0 Å². The molecule has 9 nitrogen and oxygen atoms in total. The van der Waals surface area contributed by atoms with Crippen LogP contribution in [0.4, 0.5) is 5.82 Å². The summed E-state index contributed by atoms with van der Waals surface area (Å²) in [6.45, 7) is 4.74. The van der Waals surface area contributed by atoms with Crippen LogP contribution in [0, 0.1) is 5.92 Å². The molecule has 1 atom stereocenters. The Balaban J connectivity index is 1.72. The summed E-state index contributed by atoms with van der Waals surface area (Å²) in [5.41, 5.74) is 9.77. The Bertz CT molecular complexity index is 1460. The van der Waals surface area contributed by atoms with Gasteiger partial charge in [-0.05, 0) is 42.2 Å². The minimum atomic E-state index is -3.76. The Hall–Kier alpha value is -3.50. The molecule has 0 aliphatic carbocycles. The van der Waals surface area contributed by atoms with Crippen molar-refractivity contribution in [2.24, 2.45) is 11.1 Å². The number of nitrogens with zero attached hydrogens (tertiary/aromatic N) is 3. The van der Waals surface area contributed by atoms with E-state index < -0.39 is 16.0 Å². The van der Waals surface area contributed by atoms with E-state index in [1.54, 1.807) is 16.7 Å². The van der Waals surface area contributed by atoms with Gasteiger partial charge in [-0.2, -0.15) is 0 Å². The molecule has 178 valence electrons. The third kappa shape index (κ3) is 4.73. The van der Waals surface area contributed by atoms with Gasteiger partial charge in [-0.3, -0.25) is 0 Å². The predicted octanol–water partition coefficient (Wildman–Crippen LogP) is 3.26. The Morgan fingerprint density at radius 3 is 2.35 bits per heavy atom. The first kappa shape index (κ1) is 23.7. The molecule has 2 heterocycles. The molecule has 2 aromatic heterocycles. The molecular formula is C24H27N5O4S. The van der Waals surface area contributed by atoms with E-state index in [4.69, 9.17) is 20.6 Å². The molecule has 0 aliphatic rings. The lowest BCUT2D eigenvalue weighted by Crippen LogP contribution is -2.14. The number of hydrogen-bond donors (Lipinski definition) is 2. The van der Waals surface area contributed by atoms with E-state index in [0.717, 1.165) is 12.0 Å². The Kier molecular flexibility index (Phi) is 6.54. The molecule has 2 aromatic carbocycles. The van der Waals surface area contributed by atoms with Crippen LogP contribution in [-0.4, -0.2) is 35.5 Å². The lowest BCUT2D eigenvalue weighted by atomic mass is 10.1. The highest BCUT2D eigenvalue weighted by molar-refractivity contribution is 7.89. The van der Waals surface area contributed by atoms with E-state index in [1.807, 2.05) is 38.1 Å². The first-order valence-corrected chi connectivity index (χ1v) is 12.6. The van der Waals surface area contributed by atoms with Gasteiger partial charge in [0.1, 0.15) is 16.9 Å². The highest BCUT2D eigenvalue weighted by Crippen LogP contribution is 2.29. The van der Waals surface area contributed by atoms with Gasteiger partial charge in [0.15, 0.2) is 5.65 Å². The zero-order valence-electron chi connectivity index (χ0n) is 19.1. The standard InChI is InChI=1S/C24H27N5O4S/c1-3-15(2)14-33-24(30)20-21-23(28-19-7-5-4-6-18(19)27-21)29(22(20)25)13-12-16-8-10-17(11-9-16)34(26,31)32/h4-11,15H,3,12-14,25H2,1-2H3,(H2,26,31,32). The maximum atomic E-state index is 13.0. The third-order valence-electron chi connectivity index (χ3n) is 5.87. The maximum absolute atomic E-state index is 13.0. The normalized spacial score (nSPS) is 12.8. The molecule has 0 radical (unpaired) electrons. The van der Waals surface area contributed by atoms with Crippen molar-refractivity contribution in [1.82, 2.24) is 14.5 Å². The van der Waals surface area contributed by atoms with Gasteiger partial charge in [0.2, 0.25) is 10.0 Å². The number of rotatable bonds is 8. The number of ether oxygens (including phenoxy) is 1. The number of nitrogens with two attached hydrogens (primary N) is 2. The molecule has 10 heteroatoms. The molecule has 0 amide bonds. The van der Waals surface area contributed by atoms with Crippen molar-refractivity contribution in [1.29, 1.82) is 0 Å². The van der Waals surface area contributed by atoms with Gasteiger partial charge in [-0.15, -0.1) is 0 Å². The molecule has 4 N–H and O–H groups in total. The van der Waals surface area contributed by atoms with E-state index in [2.05, 4.69) is 4.98 Å². The van der Waals surface area contributed by atoms with Crippen molar-refractivity contribution in [3.8, 4) is 0 Å². The second-order valence-electron chi connectivity index (χ2n) is 8.35. The van der Waals surface area contributed by atoms with Crippen LogP contribution >= 0.6 is 0 Å². The number of carbonyl (C=O) groups is 1. The van der Waals surface area contributed by atoms with Gasteiger partial charge in [-0.25, -0.2) is 28.3 Å². The topological polar surface area (TPSA) is 143 Å². The fraction of sp³-hybridized carbons (Fsp3) is 0.292. The number of hydrogen-bond acceptors (Lipinski definition) is 7. The molecule has 1 unspecified atom stereocenters. The lowest BCUT2D eigenvalue weighted by molar-refractivity contribution is 0.0450. The summed E-state index contributed by atoms with van der Waals surface area (Å²) < 4.78 is 30.3. The smallest absolute Gasteiger partial charge is 0.344 e. The number of nitrogen functional groups attached to an aromatic ring is 1. The van der Waals surface area contributed by atoms with Gasteiger partial charge >= 0.3 is 5.97 Å². The van der Waals surface area contributed by atoms with Crippen molar-refractivity contribution < 1.29 is 17.9 Å². The summed E-state index contributed by atoms with van der Waals surface area (Å²) in [5.74, 6) is -0.0602. The highest BCUT2D eigenvalue weighted by atomic mass is 32.2. The molecule has 0 saturated carbocycles. The van der Waals surface area contributed by atoms with Crippen molar-refractivity contribution >= 4 is 44.0 Å². The van der Waals surface area contributed by atoms with Crippen molar-refractivity contribution in [3.05, 3.63) is 59.7 Å². The quantitative estimate of drug-likeness (QED) is 0.368. The largest absolute Gasteiger partial charge is 0.462 e. The molecular weight excluding hydrogens is 454 g/mol. The summed E-state index contributed by atoms with van der Waals surface area (Å²) >= 11 is 0. The van der Waals surface area contributed by atoms with Gasteiger partial charge in [0.05, 0.1) is 22.5 Å². The molecule has 4 rings (SSSR count). The Morgan fingerprint density at radius 1 is 1.09 bits per heavy atom. The predicted molar refractivity (Wildman–Crippen MR) is 131 cm³/mol. The average molecular weight is 482 g/mol. The van der Waals surface area contributed by atoms with Crippen LogP contribution in [0.2, 0.25) is 0 Å². The molecule has 0 bridgehead atoms. The summed E-state index contributed by atoms with van der Waals surface area (Å²) in [6.07, 6.45) is 1.41. The number of carbonyl (C=O) groups excluding carboxylic acids is 1. The third-order valence-corrected chi connectivity index (χ3v) is 6.80. The monoisotopic (exact) mass is 481 g/mol. The lowest BCUT2D eigenvalue weighted by Gasteiger charge is -2.10. The first-order valence-electron chi connectivity index (χ1n) is 11.0. The van der Waals surface area contributed by atoms with E-state index >= 15 is 0 Å². The van der Waals surface area contributed by atoms with E-state index in [1.165, 1.54) is 12.1 Å². The van der Waals surface area contributed by atoms with Crippen LogP contribution in [0.5, 0.6) is 0 Å². The minimum absolute atomic E-state index is 0.0471. The minimum Gasteiger partial charge on any atom is -0.462 e. The summed E-state index contributed by atoms with van der Waals surface area (Å²) in [7, 11) is -3.76. The summed E-state index contributed by atoms with van der Waals surface area (Å²) in [5, 5.41) is 5.18. The van der Waals surface area contributed by atoms with Crippen molar-refractivity contribution in [3.63, 3.8) is 0 Å². The molecule has 0 fully saturated rings. The number of para-hydroxylation sites is 2. The summed E-state index contributed by atoms with van der Waals surface area (Å²) in [6, 6.07) is 13.7. The molecule has 34 heavy (non-hydrogen) atoms. The van der Waals surface area contributed by atoms with Crippen LogP contribution in [0.25, 0.3) is 22.2 Å². The first-order chi connectivity index (χ1) is 16.2. The van der Waals surface area contributed by atoms with Gasteiger partial charge in [0.25, 0.3) is 0 Å². The van der Waals surface area contributed by atoms with E-state index in [9.17, 15) is 13.2 Å². The number of aryl methyl sites for hydroxylation is 2. The van der Waals surface area contributed by atoms with Gasteiger partial charge in [0, 0.05) is 6.54 Å². The van der Waals surface area contributed by atoms with Crippen LogP contribution < -0.4 is 10.9 Å². The zero-order chi connectivity index (χ0) is 24.5. The number of anilines is 1. The summed E-state index contributed by atoms with van der Waals surface area (Å²) in [4.78, 5) is 22.5. The molecule has 0 aliphatic heterocycles. The maximum Gasteiger partial charge on any atom is 0.344 e. The SMILES string of the molecule is CCC(C)COC(=O)c1c(N)n(CCc2ccc(S(N)(=O)=O)cc2)c2nc3ccccc3nc12. The van der Waals surface area contributed by atoms with E-state index in [0.29, 0.717) is 41.8 Å². The second kappa shape index (κ2) is 9.40. The molecule has 0 saturated heterocycles. The number of benzene rings is 2. The second-order valence-corrected chi connectivity index (χ2v) is 9.91. The fourth-order valence-corrected chi connectivity index (χ4v) is 4.15. The number of sulfonamides is 1. The Morgan fingerprint density at radius 2 is 1.74 bits per heavy atom. The zero-order valence-corrected chi connectivity index (χ0v) is 19.9. The van der Waals surface area contributed by atoms with E-state index in [-0.39, 0.29) is 22.2 Å². The van der Waals surface area contributed by atoms with Crippen molar-refractivity contribution in [2.45, 2.75) is 38.1 Å². The number of aromatic nitrogens is 3. The number of esters is 1. The number of primary sulfonamides is 1. The molecule has 0 spiro atoms. The van der Waals surface area contributed by atoms with Crippen LogP contribution in [-0.2, 0) is 27.7 Å². The van der Waals surface area contributed by atoms with Crippen molar-refractivity contribution in [2.75, 3.05) is 12.3 Å². The Labute approximate surface area is 197 Å². The molecule has 4 aromatic rings. The average Bonchev–Trinajstić information content (AvgIpc) is 3.09. The van der Waals surface area contributed by atoms with Gasteiger partial charge < -0.3 is 15.0 Å². The van der Waals surface area contributed by atoms with Crippen LogP contribution in [0.15, 0.2) is 53.4 Å². The van der Waals surface area contributed by atoms with Gasteiger partial charge in [-0.1, -0.05) is 44.5 Å². The van der Waals surface area contributed by atoms with Crippen LogP contribution in [0.1, 0.15) is 36.2 Å². The number of fused-ring (bicyclic) bond motifs is 2. The highest BCUT2D eigenvalue weighted by Gasteiger charge is 2.25.